The zero-order valence-electron chi connectivity index (χ0n) is 16.6. The minimum Gasteiger partial charge on any atom is -0.472 e. The Morgan fingerprint density at radius 3 is 2.33 bits per heavy atom. The summed E-state index contributed by atoms with van der Waals surface area (Å²) in [7, 11) is 1.28. The molecule has 0 spiro atoms. The van der Waals surface area contributed by atoms with Crippen LogP contribution in [0.1, 0.15) is 33.6 Å². The van der Waals surface area contributed by atoms with Crippen molar-refractivity contribution in [2.24, 2.45) is 5.92 Å². The average Bonchev–Trinajstić information content (AvgIpc) is 3.32. The Balaban J connectivity index is 1.40. The highest BCUT2D eigenvalue weighted by molar-refractivity contribution is 6.39. The monoisotopic (exact) mass is 413 g/mol. The van der Waals surface area contributed by atoms with Crippen LogP contribution in [0.2, 0.25) is 0 Å². The fourth-order valence-electron chi connectivity index (χ4n) is 3.22. The summed E-state index contributed by atoms with van der Waals surface area (Å²) in [5, 5.41) is 5.13. The second-order valence-corrected chi connectivity index (χ2v) is 6.98. The number of likely N-dealkylation sites (tertiary alicyclic amines) is 1. The van der Waals surface area contributed by atoms with E-state index in [1.807, 2.05) is 0 Å². The highest BCUT2D eigenvalue weighted by atomic mass is 16.5. The van der Waals surface area contributed by atoms with E-state index in [0.29, 0.717) is 36.4 Å². The number of rotatable bonds is 5. The number of nitrogens with one attached hydrogen (secondary N) is 2. The molecule has 0 unspecified atom stereocenters. The number of hydrogen-bond acceptors (Lipinski definition) is 6. The van der Waals surface area contributed by atoms with Gasteiger partial charge in [-0.25, -0.2) is 4.79 Å². The maximum Gasteiger partial charge on any atom is 0.337 e. The summed E-state index contributed by atoms with van der Waals surface area (Å²) in [6.07, 6.45) is 4.37. The molecule has 1 aliphatic heterocycles. The first-order valence-electron chi connectivity index (χ1n) is 9.57. The summed E-state index contributed by atoms with van der Waals surface area (Å²) in [5.41, 5.74) is 1.27. The number of amides is 3. The molecule has 3 rings (SSSR count). The predicted molar refractivity (Wildman–Crippen MR) is 107 cm³/mol. The lowest BCUT2D eigenvalue weighted by Gasteiger charge is -2.31. The van der Waals surface area contributed by atoms with Gasteiger partial charge in [0.2, 0.25) is 0 Å². The van der Waals surface area contributed by atoms with Gasteiger partial charge in [0.05, 0.1) is 24.5 Å². The van der Waals surface area contributed by atoms with E-state index in [9.17, 15) is 19.2 Å². The van der Waals surface area contributed by atoms with Gasteiger partial charge in [-0.1, -0.05) is 0 Å². The van der Waals surface area contributed by atoms with Gasteiger partial charge in [-0.2, -0.15) is 0 Å². The van der Waals surface area contributed by atoms with Crippen molar-refractivity contribution in [3.05, 3.63) is 54.0 Å². The Morgan fingerprint density at radius 2 is 1.73 bits per heavy atom. The molecule has 1 fully saturated rings. The maximum absolute atomic E-state index is 12.3. The van der Waals surface area contributed by atoms with E-state index in [0.717, 1.165) is 12.8 Å². The van der Waals surface area contributed by atoms with Crippen LogP contribution in [-0.2, 0) is 14.3 Å². The molecule has 1 aromatic heterocycles. The Labute approximate surface area is 173 Å². The van der Waals surface area contributed by atoms with Gasteiger partial charge in [-0.3, -0.25) is 14.4 Å². The second-order valence-electron chi connectivity index (χ2n) is 6.98. The molecule has 30 heavy (non-hydrogen) atoms. The lowest BCUT2D eigenvalue weighted by molar-refractivity contribution is -0.136. The number of esters is 1. The largest absolute Gasteiger partial charge is 0.472 e. The van der Waals surface area contributed by atoms with E-state index < -0.39 is 17.8 Å². The SMILES string of the molecule is COC(=O)c1ccc(NC(=O)C(=O)NCC2CCN(C(=O)c3ccoc3)CC2)cc1. The zero-order valence-corrected chi connectivity index (χ0v) is 16.6. The third kappa shape index (κ3) is 5.25. The number of methoxy groups -OCH3 is 1. The van der Waals surface area contributed by atoms with E-state index in [-0.39, 0.29) is 11.8 Å². The minimum atomic E-state index is -0.784. The summed E-state index contributed by atoms with van der Waals surface area (Å²) < 4.78 is 9.55. The molecule has 2 N–H and O–H groups in total. The van der Waals surface area contributed by atoms with Crippen LogP contribution in [0.5, 0.6) is 0 Å². The number of nitrogens with zero attached hydrogens (tertiary/aromatic N) is 1. The van der Waals surface area contributed by atoms with E-state index in [1.54, 1.807) is 11.0 Å². The van der Waals surface area contributed by atoms with E-state index >= 15 is 0 Å². The molecule has 0 aliphatic carbocycles. The summed E-state index contributed by atoms with van der Waals surface area (Å²) in [5.74, 6) is -1.88. The van der Waals surface area contributed by atoms with Crippen LogP contribution in [0.3, 0.4) is 0 Å². The normalized spacial score (nSPS) is 14.1. The molecule has 158 valence electrons. The van der Waals surface area contributed by atoms with Crippen molar-refractivity contribution in [3.63, 3.8) is 0 Å². The van der Waals surface area contributed by atoms with Crippen LogP contribution >= 0.6 is 0 Å². The van der Waals surface area contributed by atoms with Crippen molar-refractivity contribution in [2.45, 2.75) is 12.8 Å². The van der Waals surface area contributed by atoms with Crippen molar-refractivity contribution < 1.29 is 28.3 Å². The van der Waals surface area contributed by atoms with Crippen LogP contribution in [0.4, 0.5) is 5.69 Å². The third-order valence-electron chi connectivity index (χ3n) is 4.99. The lowest BCUT2D eigenvalue weighted by atomic mass is 9.96. The average molecular weight is 413 g/mol. The smallest absolute Gasteiger partial charge is 0.337 e. The number of ether oxygens (including phenoxy) is 1. The van der Waals surface area contributed by atoms with Crippen LogP contribution < -0.4 is 10.6 Å². The number of carbonyl (C=O) groups excluding carboxylic acids is 4. The van der Waals surface area contributed by atoms with Crippen molar-refractivity contribution in [1.82, 2.24) is 10.2 Å². The Kier molecular flexibility index (Phi) is 6.84. The van der Waals surface area contributed by atoms with Gasteiger partial charge in [0, 0.05) is 25.3 Å². The Morgan fingerprint density at radius 1 is 1.03 bits per heavy atom. The van der Waals surface area contributed by atoms with Gasteiger partial charge in [-0.15, -0.1) is 0 Å². The van der Waals surface area contributed by atoms with Crippen molar-refractivity contribution >= 4 is 29.4 Å². The van der Waals surface area contributed by atoms with E-state index in [1.165, 1.54) is 43.9 Å². The first-order chi connectivity index (χ1) is 14.5. The summed E-state index contributed by atoms with van der Waals surface area (Å²) >= 11 is 0. The zero-order chi connectivity index (χ0) is 21.5. The molecule has 0 radical (unpaired) electrons. The molecule has 2 heterocycles. The van der Waals surface area contributed by atoms with Gasteiger partial charge >= 0.3 is 17.8 Å². The van der Waals surface area contributed by atoms with Crippen LogP contribution in [0, 0.1) is 5.92 Å². The summed E-state index contributed by atoms with van der Waals surface area (Å²) in [6, 6.07) is 7.67. The minimum absolute atomic E-state index is 0.0659. The molecule has 0 saturated carbocycles. The Bertz CT molecular complexity index is 899. The first-order valence-corrected chi connectivity index (χ1v) is 9.57. The molecule has 2 aromatic rings. The standard InChI is InChI=1S/C21H23N3O6/c1-29-21(28)15-2-4-17(5-3-15)23-19(26)18(25)22-12-14-6-9-24(10-7-14)20(27)16-8-11-30-13-16/h2-5,8,11,13-14H,6-7,9-10,12H2,1H3,(H,22,25)(H,23,26). The molecule has 1 aliphatic rings. The number of furan rings is 1. The highest BCUT2D eigenvalue weighted by Gasteiger charge is 2.25. The van der Waals surface area contributed by atoms with Crippen LogP contribution in [-0.4, -0.2) is 55.3 Å². The van der Waals surface area contributed by atoms with E-state index in [4.69, 9.17) is 4.42 Å². The number of anilines is 1. The molecule has 3 amide bonds. The molecule has 0 atom stereocenters. The van der Waals surface area contributed by atoms with Gasteiger partial charge < -0.3 is 24.7 Å². The number of carbonyl (C=O) groups is 4. The fourth-order valence-corrected chi connectivity index (χ4v) is 3.22. The van der Waals surface area contributed by atoms with E-state index in [2.05, 4.69) is 15.4 Å². The predicted octanol–water partition coefficient (Wildman–Crippen LogP) is 1.67. The molecule has 1 saturated heterocycles. The van der Waals surface area contributed by atoms with Gasteiger partial charge in [0.25, 0.3) is 5.91 Å². The number of benzene rings is 1. The van der Waals surface area contributed by atoms with Gasteiger partial charge in [0.1, 0.15) is 6.26 Å². The van der Waals surface area contributed by atoms with Crippen molar-refractivity contribution in [3.8, 4) is 0 Å². The molecule has 0 bridgehead atoms. The molecular weight excluding hydrogens is 390 g/mol. The molecule has 9 nitrogen and oxygen atoms in total. The number of hydrogen-bond donors (Lipinski definition) is 2. The summed E-state index contributed by atoms with van der Waals surface area (Å²) in [6.45, 7) is 1.54. The van der Waals surface area contributed by atoms with Crippen molar-refractivity contribution in [1.29, 1.82) is 0 Å². The maximum atomic E-state index is 12.3. The number of piperidine rings is 1. The third-order valence-corrected chi connectivity index (χ3v) is 4.99. The lowest BCUT2D eigenvalue weighted by Crippen LogP contribution is -2.43. The second kappa shape index (κ2) is 9.73. The fraction of sp³-hybridized carbons (Fsp3) is 0.333. The van der Waals surface area contributed by atoms with Gasteiger partial charge in [0.15, 0.2) is 0 Å². The van der Waals surface area contributed by atoms with Gasteiger partial charge in [-0.05, 0) is 49.1 Å². The van der Waals surface area contributed by atoms with Crippen molar-refractivity contribution in [2.75, 3.05) is 32.1 Å². The Hall–Kier alpha value is -3.62. The highest BCUT2D eigenvalue weighted by Crippen LogP contribution is 2.18. The first kappa shape index (κ1) is 21.1. The topological polar surface area (TPSA) is 118 Å². The van der Waals surface area contributed by atoms with Crippen LogP contribution in [0.25, 0.3) is 0 Å². The molecular formula is C21H23N3O6. The molecule has 1 aromatic carbocycles. The molecule has 9 heteroatoms. The quantitative estimate of drug-likeness (QED) is 0.569. The van der Waals surface area contributed by atoms with Crippen LogP contribution in [0.15, 0.2) is 47.3 Å². The summed E-state index contributed by atoms with van der Waals surface area (Å²) in [4.78, 5) is 49.6.